The van der Waals surface area contributed by atoms with Gasteiger partial charge in [-0.15, -0.1) is 0 Å². The Morgan fingerprint density at radius 2 is 1.96 bits per heavy atom. The number of nitrogens with one attached hydrogen (secondary N) is 1. The number of amides is 1. The molecule has 3 rings (SSSR count). The minimum absolute atomic E-state index is 0.139. The number of hydrogen-bond donors (Lipinski definition) is 1. The van der Waals surface area contributed by atoms with Crippen molar-refractivity contribution in [3.8, 4) is 0 Å². The smallest absolute Gasteiger partial charge is 0.257 e. The van der Waals surface area contributed by atoms with Crippen molar-refractivity contribution in [2.45, 2.75) is 32.7 Å². The fraction of sp³-hybridized carbons (Fsp3) is 0.333. The van der Waals surface area contributed by atoms with E-state index >= 15 is 0 Å². The van der Waals surface area contributed by atoms with Crippen molar-refractivity contribution in [3.63, 3.8) is 0 Å². The summed E-state index contributed by atoms with van der Waals surface area (Å²) in [6, 6.07) is 16.0. The molecule has 0 spiro atoms. The summed E-state index contributed by atoms with van der Waals surface area (Å²) in [5, 5.41) is 3.45. The normalized spacial score (nSPS) is 13.8. The Labute approximate surface area is 174 Å². The number of thiocarbonyl (C=S) groups is 1. The van der Waals surface area contributed by atoms with Gasteiger partial charge in [-0.2, -0.15) is 0 Å². The van der Waals surface area contributed by atoms with E-state index in [9.17, 15) is 4.79 Å². The molecule has 0 radical (unpaired) electrons. The Morgan fingerprint density at radius 3 is 2.58 bits per heavy atom. The van der Waals surface area contributed by atoms with Crippen LogP contribution in [0.3, 0.4) is 0 Å². The third kappa shape index (κ3) is 5.04. The SMILES string of the molecule is Cc1ccc(C(=O)NC(=S)N(Cc2ccccc2)CC2CCC2)cc1I. The van der Waals surface area contributed by atoms with Crippen LogP contribution in [0.1, 0.15) is 40.7 Å². The fourth-order valence-corrected chi connectivity index (χ4v) is 3.74. The average molecular weight is 478 g/mol. The highest BCUT2D eigenvalue weighted by Gasteiger charge is 2.23. The maximum absolute atomic E-state index is 12.6. The molecular formula is C21H23IN2OS. The number of nitrogens with zero attached hydrogens (tertiary/aromatic N) is 1. The second-order valence-electron chi connectivity index (χ2n) is 6.89. The Hall–Kier alpha value is -1.47. The summed E-state index contributed by atoms with van der Waals surface area (Å²) in [5.74, 6) is 0.536. The van der Waals surface area contributed by atoms with E-state index in [0.717, 1.165) is 16.7 Å². The van der Waals surface area contributed by atoms with Crippen molar-refractivity contribution in [3.05, 3.63) is 68.8 Å². The van der Waals surface area contributed by atoms with Crippen LogP contribution < -0.4 is 5.32 Å². The van der Waals surface area contributed by atoms with Gasteiger partial charge in [0, 0.05) is 22.2 Å². The van der Waals surface area contributed by atoms with E-state index in [1.165, 1.54) is 30.4 Å². The molecule has 2 aromatic rings. The Bertz CT molecular complexity index is 790. The molecule has 0 atom stereocenters. The molecule has 1 aliphatic carbocycles. The van der Waals surface area contributed by atoms with E-state index in [-0.39, 0.29) is 5.91 Å². The molecule has 26 heavy (non-hydrogen) atoms. The molecule has 0 saturated heterocycles. The van der Waals surface area contributed by atoms with Gasteiger partial charge >= 0.3 is 0 Å². The molecule has 0 heterocycles. The van der Waals surface area contributed by atoms with Gasteiger partial charge in [0.2, 0.25) is 0 Å². The predicted octanol–water partition coefficient (Wildman–Crippen LogP) is 4.92. The number of carbonyl (C=O) groups is 1. The van der Waals surface area contributed by atoms with Crippen LogP contribution in [0.2, 0.25) is 0 Å². The van der Waals surface area contributed by atoms with Crippen LogP contribution >= 0.6 is 34.8 Å². The van der Waals surface area contributed by atoms with Crippen molar-refractivity contribution < 1.29 is 4.79 Å². The largest absolute Gasteiger partial charge is 0.344 e. The number of carbonyl (C=O) groups excluding carboxylic acids is 1. The van der Waals surface area contributed by atoms with Crippen LogP contribution in [0.4, 0.5) is 0 Å². The van der Waals surface area contributed by atoms with E-state index < -0.39 is 0 Å². The Morgan fingerprint density at radius 1 is 1.23 bits per heavy atom. The highest BCUT2D eigenvalue weighted by molar-refractivity contribution is 14.1. The first-order chi connectivity index (χ1) is 12.5. The molecule has 0 bridgehead atoms. The van der Waals surface area contributed by atoms with Crippen molar-refractivity contribution in [2.24, 2.45) is 5.92 Å². The third-order valence-corrected chi connectivity index (χ3v) is 6.38. The molecule has 136 valence electrons. The summed E-state index contributed by atoms with van der Waals surface area (Å²) in [7, 11) is 0. The van der Waals surface area contributed by atoms with Crippen LogP contribution in [-0.2, 0) is 6.54 Å². The Balaban J connectivity index is 1.69. The molecular weight excluding hydrogens is 455 g/mol. The zero-order valence-electron chi connectivity index (χ0n) is 14.9. The molecule has 1 N–H and O–H groups in total. The van der Waals surface area contributed by atoms with Crippen LogP contribution in [-0.4, -0.2) is 22.5 Å². The minimum Gasteiger partial charge on any atom is -0.344 e. The molecule has 0 unspecified atom stereocenters. The van der Waals surface area contributed by atoms with Crippen molar-refractivity contribution in [1.82, 2.24) is 10.2 Å². The number of halogens is 1. The van der Waals surface area contributed by atoms with E-state index in [1.54, 1.807) is 0 Å². The molecule has 0 aromatic heterocycles. The first-order valence-corrected chi connectivity index (χ1v) is 10.4. The van der Waals surface area contributed by atoms with Gasteiger partial charge in [0.25, 0.3) is 5.91 Å². The summed E-state index contributed by atoms with van der Waals surface area (Å²) in [4.78, 5) is 14.7. The van der Waals surface area contributed by atoms with Gasteiger partial charge in [-0.25, -0.2) is 0 Å². The van der Waals surface area contributed by atoms with Gasteiger partial charge in [0.1, 0.15) is 0 Å². The fourth-order valence-electron chi connectivity index (χ4n) is 2.99. The van der Waals surface area contributed by atoms with Gasteiger partial charge in [-0.1, -0.05) is 42.8 Å². The molecule has 1 saturated carbocycles. The van der Waals surface area contributed by atoms with Gasteiger partial charge in [-0.3, -0.25) is 10.1 Å². The Kier molecular flexibility index (Phi) is 6.64. The number of benzene rings is 2. The van der Waals surface area contributed by atoms with Crippen LogP contribution in [0.25, 0.3) is 0 Å². The second-order valence-corrected chi connectivity index (χ2v) is 8.44. The third-order valence-electron chi connectivity index (χ3n) is 4.86. The number of aryl methyl sites for hydroxylation is 1. The standard InChI is InChI=1S/C21H23IN2OS/c1-15-10-11-18(12-19(15)22)20(25)23-21(26)24(14-17-8-5-9-17)13-16-6-3-2-4-7-16/h2-4,6-7,10-12,17H,5,8-9,13-14H2,1H3,(H,23,25,26). The zero-order valence-corrected chi connectivity index (χ0v) is 17.8. The molecule has 0 aliphatic heterocycles. The average Bonchev–Trinajstić information content (AvgIpc) is 2.60. The quantitative estimate of drug-likeness (QED) is 0.490. The summed E-state index contributed by atoms with van der Waals surface area (Å²) in [6.45, 7) is 3.66. The van der Waals surface area contributed by atoms with Crippen molar-refractivity contribution in [2.75, 3.05) is 6.54 Å². The lowest BCUT2D eigenvalue weighted by atomic mass is 9.85. The van der Waals surface area contributed by atoms with E-state index in [4.69, 9.17) is 12.2 Å². The molecule has 2 aromatic carbocycles. The summed E-state index contributed by atoms with van der Waals surface area (Å²) < 4.78 is 1.08. The molecule has 5 heteroatoms. The number of hydrogen-bond acceptors (Lipinski definition) is 2. The molecule has 3 nitrogen and oxygen atoms in total. The van der Waals surface area contributed by atoms with E-state index in [2.05, 4.69) is 44.9 Å². The lowest BCUT2D eigenvalue weighted by Crippen LogP contribution is -2.45. The minimum atomic E-state index is -0.139. The summed E-state index contributed by atoms with van der Waals surface area (Å²) in [6.07, 6.45) is 3.79. The summed E-state index contributed by atoms with van der Waals surface area (Å²) in [5.41, 5.74) is 3.01. The van der Waals surface area contributed by atoms with Crippen molar-refractivity contribution in [1.29, 1.82) is 0 Å². The van der Waals surface area contributed by atoms with Gasteiger partial charge in [0.05, 0.1) is 0 Å². The predicted molar refractivity (Wildman–Crippen MR) is 118 cm³/mol. The van der Waals surface area contributed by atoms with Crippen LogP contribution in [0, 0.1) is 16.4 Å². The molecule has 1 aliphatic rings. The van der Waals surface area contributed by atoms with Crippen LogP contribution in [0.15, 0.2) is 48.5 Å². The molecule has 1 fully saturated rings. The number of rotatable bonds is 5. The van der Waals surface area contributed by atoms with E-state index in [0.29, 0.717) is 16.6 Å². The second kappa shape index (κ2) is 8.95. The topological polar surface area (TPSA) is 32.3 Å². The zero-order chi connectivity index (χ0) is 18.5. The van der Waals surface area contributed by atoms with Gasteiger partial charge < -0.3 is 4.90 Å². The summed E-state index contributed by atoms with van der Waals surface area (Å²) >= 11 is 7.84. The highest BCUT2D eigenvalue weighted by atomic mass is 127. The maximum Gasteiger partial charge on any atom is 0.257 e. The maximum atomic E-state index is 12.6. The van der Waals surface area contributed by atoms with Crippen LogP contribution in [0.5, 0.6) is 0 Å². The first-order valence-electron chi connectivity index (χ1n) is 8.93. The van der Waals surface area contributed by atoms with E-state index in [1.807, 2.05) is 43.3 Å². The lowest BCUT2D eigenvalue weighted by Gasteiger charge is -2.34. The van der Waals surface area contributed by atoms with Gasteiger partial charge in [0.15, 0.2) is 5.11 Å². The highest BCUT2D eigenvalue weighted by Crippen LogP contribution is 2.27. The monoisotopic (exact) mass is 478 g/mol. The van der Waals surface area contributed by atoms with Gasteiger partial charge in [-0.05, 0) is 83.8 Å². The first kappa shape index (κ1) is 19.3. The lowest BCUT2D eigenvalue weighted by molar-refractivity contribution is 0.0971. The van der Waals surface area contributed by atoms with Crippen molar-refractivity contribution >= 4 is 45.8 Å². The molecule has 1 amide bonds.